The minimum absolute atomic E-state index is 0.104. The summed E-state index contributed by atoms with van der Waals surface area (Å²) in [4.78, 5) is 12.3. The molecule has 1 atom stereocenters. The predicted octanol–water partition coefficient (Wildman–Crippen LogP) is 3.86. The van der Waals surface area contributed by atoms with E-state index >= 15 is 0 Å². The number of fused-ring (bicyclic) bond motifs is 1. The number of nitrogens with zero attached hydrogens (tertiary/aromatic N) is 1. The van der Waals surface area contributed by atoms with Gasteiger partial charge in [0.2, 0.25) is 5.91 Å². The summed E-state index contributed by atoms with van der Waals surface area (Å²) >= 11 is 0. The van der Waals surface area contributed by atoms with Gasteiger partial charge in [0, 0.05) is 10.9 Å². The summed E-state index contributed by atoms with van der Waals surface area (Å²) < 4.78 is 16.6. The van der Waals surface area contributed by atoms with Crippen LogP contribution in [0.15, 0.2) is 33.2 Å². The number of benzene rings is 1. The summed E-state index contributed by atoms with van der Waals surface area (Å²) in [5, 5.41) is 7.79. The molecule has 0 aliphatic heterocycles. The van der Waals surface area contributed by atoms with Gasteiger partial charge in [-0.1, -0.05) is 17.3 Å². The van der Waals surface area contributed by atoms with Gasteiger partial charge in [-0.15, -0.1) is 0 Å². The molecule has 6 nitrogen and oxygen atoms in total. The minimum Gasteiger partial charge on any atom is -0.490 e. The van der Waals surface area contributed by atoms with Gasteiger partial charge in [-0.25, -0.2) is 0 Å². The molecule has 2 aromatic heterocycles. The number of carbonyl (C=O) groups excluding carboxylic acids is 1. The van der Waals surface area contributed by atoms with Gasteiger partial charge in [0.05, 0.1) is 24.8 Å². The van der Waals surface area contributed by atoms with Crippen LogP contribution in [0.25, 0.3) is 11.0 Å². The molecular weight excluding hydrogens is 320 g/mol. The zero-order valence-electron chi connectivity index (χ0n) is 14.9. The highest BCUT2D eigenvalue weighted by Crippen LogP contribution is 2.31. The van der Waals surface area contributed by atoms with Gasteiger partial charge < -0.3 is 19.0 Å². The van der Waals surface area contributed by atoms with E-state index in [1.165, 1.54) is 0 Å². The number of hydrogen-bond donors (Lipinski definition) is 1. The molecule has 0 fully saturated rings. The zero-order valence-corrected chi connectivity index (χ0v) is 14.9. The molecule has 0 saturated heterocycles. The standard InChI is InChI=1S/C19H22N2O4/c1-5-23-16-8-6-7-14-9-17(24-19(14)16)12(3)20-18(22)10-15-11(2)21-25-13(15)4/h6-9,12H,5,10H2,1-4H3,(H,20,22). The molecule has 132 valence electrons. The summed E-state index contributed by atoms with van der Waals surface area (Å²) in [5.41, 5.74) is 2.27. The van der Waals surface area contributed by atoms with E-state index in [0.717, 1.165) is 16.6 Å². The van der Waals surface area contributed by atoms with Gasteiger partial charge in [0.25, 0.3) is 0 Å². The Balaban J connectivity index is 1.74. The molecule has 0 radical (unpaired) electrons. The van der Waals surface area contributed by atoms with Crippen LogP contribution in [0.1, 0.15) is 42.7 Å². The first-order chi connectivity index (χ1) is 12.0. The maximum atomic E-state index is 12.3. The van der Waals surface area contributed by atoms with Crippen molar-refractivity contribution in [2.75, 3.05) is 6.61 Å². The second-order valence-corrected chi connectivity index (χ2v) is 6.02. The SMILES string of the molecule is CCOc1cccc2cc(C(C)NC(=O)Cc3c(C)noc3C)oc12. The Hall–Kier alpha value is -2.76. The zero-order chi connectivity index (χ0) is 18.0. The molecular formula is C19H22N2O4. The minimum atomic E-state index is -0.255. The second-order valence-electron chi connectivity index (χ2n) is 6.02. The number of ether oxygens (including phenoxy) is 1. The molecule has 0 aliphatic rings. The maximum Gasteiger partial charge on any atom is 0.225 e. The van der Waals surface area contributed by atoms with E-state index in [9.17, 15) is 4.79 Å². The Morgan fingerprint density at radius 1 is 1.36 bits per heavy atom. The van der Waals surface area contributed by atoms with Crippen molar-refractivity contribution in [2.45, 2.75) is 40.2 Å². The molecule has 3 aromatic rings. The second kappa shape index (κ2) is 7.01. The van der Waals surface area contributed by atoms with Gasteiger partial charge in [-0.3, -0.25) is 4.79 Å². The van der Waals surface area contributed by atoms with E-state index in [1.807, 2.05) is 45.0 Å². The number of hydrogen-bond acceptors (Lipinski definition) is 5. The van der Waals surface area contributed by atoms with E-state index in [-0.39, 0.29) is 18.4 Å². The molecule has 1 unspecified atom stereocenters. The van der Waals surface area contributed by atoms with E-state index in [2.05, 4.69) is 10.5 Å². The molecule has 3 rings (SSSR count). The number of para-hydroxylation sites is 1. The van der Waals surface area contributed by atoms with Crippen molar-refractivity contribution in [1.29, 1.82) is 0 Å². The van der Waals surface area contributed by atoms with E-state index in [4.69, 9.17) is 13.7 Å². The lowest BCUT2D eigenvalue weighted by Gasteiger charge is -2.11. The molecule has 0 spiro atoms. The first-order valence-corrected chi connectivity index (χ1v) is 8.36. The first-order valence-electron chi connectivity index (χ1n) is 8.36. The number of furan rings is 1. The summed E-state index contributed by atoms with van der Waals surface area (Å²) in [6.45, 7) is 8.03. The number of rotatable bonds is 6. The average Bonchev–Trinajstić information content (AvgIpc) is 3.14. The van der Waals surface area contributed by atoms with Crippen LogP contribution in [-0.4, -0.2) is 17.7 Å². The number of carbonyl (C=O) groups is 1. The van der Waals surface area contributed by atoms with Crippen LogP contribution < -0.4 is 10.1 Å². The van der Waals surface area contributed by atoms with Crippen LogP contribution in [-0.2, 0) is 11.2 Å². The lowest BCUT2D eigenvalue weighted by atomic mass is 10.1. The highest BCUT2D eigenvalue weighted by molar-refractivity contribution is 5.84. The van der Waals surface area contributed by atoms with Crippen LogP contribution in [0, 0.1) is 13.8 Å². The molecule has 6 heteroatoms. The van der Waals surface area contributed by atoms with Crippen LogP contribution in [0.5, 0.6) is 5.75 Å². The molecule has 0 saturated carbocycles. The Morgan fingerprint density at radius 2 is 2.16 bits per heavy atom. The van der Waals surface area contributed by atoms with Gasteiger partial charge in [0.1, 0.15) is 11.5 Å². The van der Waals surface area contributed by atoms with Crippen molar-refractivity contribution in [3.63, 3.8) is 0 Å². The molecule has 0 aliphatic carbocycles. The van der Waals surface area contributed by atoms with Crippen molar-refractivity contribution in [2.24, 2.45) is 0 Å². The van der Waals surface area contributed by atoms with Crippen LogP contribution in [0.2, 0.25) is 0 Å². The average molecular weight is 342 g/mol. The first kappa shape index (κ1) is 17.1. The smallest absolute Gasteiger partial charge is 0.225 e. The lowest BCUT2D eigenvalue weighted by Crippen LogP contribution is -2.28. The molecule has 1 N–H and O–H groups in total. The highest BCUT2D eigenvalue weighted by Gasteiger charge is 2.18. The fourth-order valence-corrected chi connectivity index (χ4v) is 2.82. The largest absolute Gasteiger partial charge is 0.490 e. The number of aromatic nitrogens is 1. The summed E-state index contributed by atoms with van der Waals surface area (Å²) in [6, 6.07) is 7.43. The molecule has 1 amide bonds. The van der Waals surface area contributed by atoms with Gasteiger partial charge in [-0.05, 0) is 39.8 Å². The number of aryl methyl sites for hydroxylation is 2. The van der Waals surface area contributed by atoms with E-state index in [1.54, 1.807) is 6.92 Å². The highest BCUT2D eigenvalue weighted by atomic mass is 16.5. The van der Waals surface area contributed by atoms with Crippen LogP contribution in [0.4, 0.5) is 0 Å². The van der Waals surface area contributed by atoms with Crippen molar-refractivity contribution in [3.05, 3.63) is 47.0 Å². The number of amides is 1. The lowest BCUT2D eigenvalue weighted by molar-refractivity contribution is -0.121. The van der Waals surface area contributed by atoms with Crippen molar-refractivity contribution < 1.29 is 18.5 Å². The Labute approximate surface area is 146 Å². The summed E-state index contributed by atoms with van der Waals surface area (Å²) in [7, 11) is 0. The Morgan fingerprint density at radius 3 is 2.84 bits per heavy atom. The molecule has 0 bridgehead atoms. The van der Waals surface area contributed by atoms with Gasteiger partial charge in [0.15, 0.2) is 11.3 Å². The summed E-state index contributed by atoms with van der Waals surface area (Å²) in [6.07, 6.45) is 0.232. The van der Waals surface area contributed by atoms with Gasteiger partial charge in [-0.2, -0.15) is 0 Å². The van der Waals surface area contributed by atoms with Gasteiger partial charge >= 0.3 is 0 Å². The quantitative estimate of drug-likeness (QED) is 0.736. The topological polar surface area (TPSA) is 77.5 Å². The third-order valence-electron chi connectivity index (χ3n) is 4.15. The molecule has 1 aromatic carbocycles. The van der Waals surface area contributed by atoms with Crippen LogP contribution >= 0.6 is 0 Å². The third-order valence-corrected chi connectivity index (χ3v) is 4.15. The summed E-state index contributed by atoms with van der Waals surface area (Å²) in [5.74, 6) is 1.97. The fourth-order valence-electron chi connectivity index (χ4n) is 2.82. The fraction of sp³-hybridized carbons (Fsp3) is 0.368. The monoisotopic (exact) mass is 342 g/mol. The number of nitrogens with one attached hydrogen (secondary N) is 1. The molecule has 2 heterocycles. The van der Waals surface area contributed by atoms with Crippen molar-refractivity contribution >= 4 is 16.9 Å². The van der Waals surface area contributed by atoms with E-state index < -0.39 is 0 Å². The van der Waals surface area contributed by atoms with E-state index in [0.29, 0.717) is 29.5 Å². The predicted molar refractivity (Wildman–Crippen MR) is 93.6 cm³/mol. The Bertz CT molecular complexity index is 875. The van der Waals surface area contributed by atoms with Crippen LogP contribution in [0.3, 0.4) is 0 Å². The normalized spacial score (nSPS) is 12.3. The maximum absolute atomic E-state index is 12.3. The van der Waals surface area contributed by atoms with Crippen molar-refractivity contribution in [3.8, 4) is 5.75 Å². The Kier molecular flexibility index (Phi) is 4.79. The van der Waals surface area contributed by atoms with Crippen molar-refractivity contribution in [1.82, 2.24) is 10.5 Å². The third kappa shape index (κ3) is 3.52. The molecule has 25 heavy (non-hydrogen) atoms.